The van der Waals surface area contributed by atoms with Gasteiger partial charge in [-0.25, -0.2) is 19.2 Å². The number of nitrogens with zero attached hydrogens (tertiary/aromatic N) is 2. The Labute approximate surface area is 377 Å². The summed E-state index contributed by atoms with van der Waals surface area (Å²) >= 11 is 0. The van der Waals surface area contributed by atoms with E-state index >= 15 is 0 Å². The number of benzene rings is 2. The van der Waals surface area contributed by atoms with E-state index in [1.807, 2.05) is 0 Å². The maximum atomic E-state index is 13.8. The highest BCUT2D eigenvalue weighted by atomic mass is 16.5. The molecule has 8 amide bonds. The van der Waals surface area contributed by atoms with Gasteiger partial charge >= 0.3 is 24.0 Å². The first-order valence-corrected chi connectivity index (χ1v) is 21.8. The Morgan fingerprint density at radius 1 is 0.591 bits per heavy atom. The van der Waals surface area contributed by atoms with Crippen molar-refractivity contribution in [2.45, 2.75) is 103 Å². The number of likely N-dealkylation sites (tertiary alicyclic amines) is 2. The van der Waals surface area contributed by atoms with Crippen LogP contribution in [0.3, 0.4) is 0 Å². The lowest BCUT2D eigenvalue weighted by Gasteiger charge is -2.26. The van der Waals surface area contributed by atoms with Crippen LogP contribution in [0.2, 0.25) is 0 Å². The van der Waals surface area contributed by atoms with Crippen LogP contribution >= 0.6 is 0 Å². The highest BCUT2D eigenvalue weighted by Crippen LogP contribution is 2.23. The van der Waals surface area contributed by atoms with Crippen molar-refractivity contribution >= 4 is 91.8 Å². The summed E-state index contributed by atoms with van der Waals surface area (Å²) in [5.74, 6) is -3.54. The van der Waals surface area contributed by atoms with Gasteiger partial charge in [0.15, 0.2) is 0 Å². The lowest BCUT2D eigenvalue weighted by molar-refractivity contribution is -0.145. The second-order valence-electron chi connectivity index (χ2n) is 16.2. The van der Waals surface area contributed by atoms with Gasteiger partial charge in [-0.3, -0.25) is 28.8 Å². The van der Waals surface area contributed by atoms with E-state index < -0.39 is 94.7 Å². The van der Waals surface area contributed by atoms with E-state index in [1.54, 1.807) is 13.8 Å². The monoisotopic (exact) mass is 914 g/mol. The summed E-state index contributed by atoms with van der Waals surface area (Å²) < 4.78 is 9.86. The van der Waals surface area contributed by atoms with Gasteiger partial charge in [-0.15, -0.1) is 0 Å². The summed E-state index contributed by atoms with van der Waals surface area (Å²) in [5, 5.41) is 16.0. The zero-order valence-corrected chi connectivity index (χ0v) is 37.4. The molecular weight excluding hydrogens is 861 g/mol. The minimum absolute atomic E-state index is 0.0379. The van der Waals surface area contributed by atoms with Crippen LogP contribution in [0, 0.1) is 0 Å². The smallest absolute Gasteiger partial charge is 0.328 e. The molecule has 6 atom stereocenters. The number of hydrogen-bond donors (Lipinski definition) is 8. The Balaban J connectivity index is 1.09. The van der Waals surface area contributed by atoms with Gasteiger partial charge in [0.25, 0.3) is 0 Å². The highest BCUT2D eigenvalue weighted by molar-refractivity contribution is 6.03. The molecule has 2 saturated heterocycles. The fraction of sp³-hybridized carbons (Fsp3) is 0.455. The Hall–Kier alpha value is -7.52. The van der Waals surface area contributed by atoms with Crippen LogP contribution in [-0.4, -0.2) is 130 Å². The molecular formula is C44H54N10O12. The molecule has 8 N–H and O–H groups in total. The van der Waals surface area contributed by atoms with Crippen molar-refractivity contribution in [2.75, 3.05) is 36.9 Å². The van der Waals surface area contributed by atoms with Gasteiger partial charge in [0, 0.05) is 35.2 Å². The molecule has 2 aliphatic heterocycles. The first-order chi connectivity index (χ1) is 31.4. The number of H-pyrrole nitrogens is 2. The number of amides is 8. The molecule has 0 aliphatic carbocycles. The van der Waals surface area contributed by atoms with Crippen molar-refractivity contribution in [1.29, 1.82) is 0 Å². The number of aromatic amines is 2. The number of urea groups is 2. The molecule has 2 aliphatic rings. The normalized spacial score (nSPS) is 17.6. The average molecular weight is 915 g/mol. The molecule has 66 heavy (non-hydrogen) atoms. The molecule has 4 aromatic rings. The largest absolute Gasteiger partial charge is 0.464 e. The fourth-order valence-electron chi connectivity index (χ4n) is 7.85. The van der Waals surface area contributed by atoms with Crippen molar-refractivity contribution in [3.8, 4) is 0 Å². The summed E-state index contributed by atoms with van der Waals surface area (Å²) in [5.41, 5.74) is -0.124. The molecule has 2 fully saturated rings. The Morgan fingerprint density at radius 2 is 0.970 bits per heavy atom. The molecule has 22 heteroatoms. The predicted molar refractivity (Wildman–Crippen MR) is 241 cm³/mol. The lowest BCUT2D eigenvalue weighted by atomic mass is 10.1. The third-order valence-corrected chi connectivity index (χ3v) is 11.4. The van der Waals surface area contributed by atoms with Crippen LogP contribution in [0.25, 0.3) is 32.8 Å². The van der Waals surface area contributed by atoms with Crippen LogP contribution in [0.4, 0.5) is 21.0 Å². The lowest BCUT2D eigenvalue weighted by Crippen LogP contribution is -2.54. The number of nitrogens with one attached hydrogen (secondary N) is 8. The number of esters is 2. The summed E-state index contributed by atoms with van der Waals surface area (Å²) in [7, 11) is 0. The van der Waals surface area contributed by atoms with E-state index in [2.05, 4.69) is 41.9 Å². The van der Waals surface area contributed by atoms with Gasteiger partial charge in [-0.2, -0.15) is 0 Å². The molecule has 2 aromatic heterocycles. The minimum Gasteiger partial charge on any atom is -0.464 e. The quantitative estimate of drug-likeness (QED) is 0.0662. The van der Waals surface area contributed by atoms with Crippen molar-refractivity contribution < 1.29 is 47.8 Å². The van der Waals surface area contributed by atoms with Crippen molar-refractivity contribution in [3.05, 3.63) is 56.8 Å². The summed E-state index contributed by atoms with van der Waals surface area (Å²) in [4.78, 5) is 139. The molecule has 0 unspecified atom stereocenters. The second-order valence-corrected chi connectivity index (χ2v) is 16.2. The first kappa shape index (κ1) is 47.9. The summed E-state index contributed by atoms with van der Waals surface area (Å²) in [6.07, 6.45) is 1.78. The van der Waals surface area contributed by atoms with Crippen LogP contribution in [0.5, 0.6) is 0 Å². The first-order valence-electron chi connectivity index (χ1n) is 21.8. The van der Waals surface area contributed by atoms with Gasteiger partial charge in [0.05, 0.1) is 24.2 Å². The topological polar surface area (TPSA) is 299 Å². The van der Waals surface area contributed by atoms with E-state index in [0.29, 0.717) is 25.7 Å². The molecule has 4 heterocycles. The number of pyridine rings is 2. The molecule has 22 nitrogen and oxygen atoms in total. The SMILES string of the molecule is CCOC(=O)[C@H](C)NC(=O)N1CCC[C@H]1C(=O)N[C@H](C)C(=O)Nc1ccc2[nH]c3c(=O)c4cc(NC(=O)[C@@H](C)NC(=O)[C@@H]5CCCN5C(=O)N[C@@H](C)C(=O)OCC)ccc4[nH]c3c(=O)c2c1. The van der Waals surface area contributed by atoms with Gasteiger partial charge in [-0.05, 0) is 104 Å². The maximum absolute atomic E-state index is 13.8. The van der Waals surface area contributed by atoms with Crippen molar-refractivity contribution in [1.82, 2.24) is 41.0 Å². The number of anilines is 2. The van der Waals surface area contributed by atoms with Crippen LogP contribution < -0.4 is 42.8 Å². The summed E-state index contributed by atoms with van der Waals surface area (Å²) in [6.45, 7) is 10.0. The molecule has 6 rings (SSSR count). The van der Waals surface area contributed by atoms with E-state index in [4.69, 9.17) is 9.47 Å². The van der Waals surface area contributed by atoms with Crippen LogP contribution in [0.1, 0.15) is 67.2 Å². The molecule has 0 radical (unpaired) electrons. The third-order valence-electron chi connectivity index (χ3n) is 11.4. The second kappa shape index (κ2) is 20.5. The molecule has 0 saturated carbocycles. The Kier molecular flexibility index (Phi) is 14.9. The third kappa shape index (κ3) is 10.5. The Bertz CT molecular complexity index is 2530. The summed E-state index contributed by atoms with van der Waals surface area (Å²) in [6, 6.07) is 1.99. The number of carbonyl (C=O) groups is 8. The number of carbonyl (C=O) groups excluding carboxylic acids is 8. The fourth-order valence-corrected chi connectivity index (χ4v) is 7.85. The molecule has 0 bridgehead atoms. The minimum atomic E-state index is -1.05. The molecule has 2 aromatic carbocycles. The van der Waals surface area contributed by atoms with Crippen LogP contribution in [-0.2, 0) is 38.2 Å². The Morgan fingerprint density at radius 3 is 1.33 bits per heavy atom. The number of hydrogen-bond acceptors (Lipinski definition) is 12. The van der Waals surface area contributed by atoms with Gasteiger partial charge in [0.1, 0.15) is 47.3 Å². The maximum Gasteiger partial charge on any atom is 0.328 e. The zero-order valence-electron chi connectivity index (χ0n) is 37.4. The standard InChI is InChI=1S/C44H54N10O12/c1-7-65-41(61)23(5)47-43(63)53-17-9-11-31(53)39(59)45-21(3)37(57)49-25-13-15-29-27(19-25)35(55)33-34(51-29)36(56)28-20-26(14-16-30(28)52-33)50-38(58)22(4)46-40(60)32-12-10-18-54(32)44(64)48-24(6)42(62)66-8-2/h13-16,19-24,31-32H,7-12,17-18H2,1-6H3,(H,45,59)(H,46,60)(H,47,63)(H,48,64)(H,49,57)(H,50,58)(H,51,55)(H,52,56)/t21-,22-,23+,24+,31+,32+/m1/s1. The van der Waals surface area contributed by atoms with Gasteiger partial charge in [-0.1, -0.05) is 0 Å². The zero-order chi connectivity index (χ0) is 48.0. The number of aromatic nitrogens is 2. The molecule has 352 valence electrons. The number of rotatable bonds is 14. The number of fused-ring (bicyclic) bond motifs is 3. The van der Waals surface area contributed by atoms with Crippen molar-refractivity contribution in [2.24, 2.45) is 0 Å². The van der Waals surface area contributed by atoms with Crippen LogP contribution in [0.15, 0.2) is 46.0 Å². The van der Waals surface area contributed by atoms with E-state index in [0.717, 1.165) is 0 Å². The van der Waals surface area contributed by atoms with Gasteiger partial charge < -0.3 is 61.1 Å². The highest BCUT2D eigenvalue weighted by Gasteiger charge is 2.38. The molecule has 0 spiro atoms. The number of ether oxygens (including phenoxy) is 2. The average Bonchev–Trinajstić information content (AvgIpc) is 3.99. The van der Waals surface area contributed by atoms with Gasteiger partial charge in [0.2, 0.25) is 34.5 Å². The van der Waals surface area contributed by atoms with E-state index in [-0.39, 0.29) is 70.5 Å². The van der Waals surface area contributed by atoms with E-state index in [9.17, 15) is 47.9 Å². The van der Waals surface area contributed by atoms with E-state index in [1.165, 1.54) is 73.9 Å². The van der Waals surface area contributed by atoms with Crippen molar-refractivity contribution in [3.63, 3.8) is 0 Å². The predicted octanol–water partition coefficient (Wildman–Crippen LogP) is 1.66.